The van der Waals surface area contributed by atoms with Crippen molar-refractivity contribution in [1.29, 1.82) is 0 Å². The number of aromatic nitrogens is 1. The lowest BCUT2D eigenvalue weighted by atomic mass is 10.1. The zero-order valence-corrected chi connectivity index (χ0v) is 11.1. The number of benzene rings is 1. The van der Waals surface area contributed by atoms with Gasteiger partial charge in [-0.1, -0.05) is 12.1 Å². The summed E-state index contributed by atoms with van der Waals surface area (Å²) in [7, 11) is 0. The number of aliphatic hydroxyl groups is 1. The zero-order chi connectivity index (χ0) is 13.8. The Morgan fingerprint density at radius 2 is 2.32 bits per heavy atom. The van der Waals surface area contributed by atoms with Gasteiger partial charge in [-0.2, -0.15) is 0 Å². The van der Waals surface area contributed by atoms with Gasteiger partial charge in [0.2, 0.25) is 0 Å². The monoisotopic (exact) mass is 280 g/mol. The topological polar surface area (TPSA) is 62.2 Å². The Balaban J connectivity index is 2.07. The average molecular weight is 280 g/mol. The van der Waals surface area contributed by atoms with E-state index >= 15 is 0 Å². The Kier molecular flexibility index (Phi) is 4.24. The Hall–Kier alpha value is -1.79. The molecule has 6 heteroatoms. The molecule has 2 N–H and O–H groups in total. The second kappa shape index (κ2) is 5.90. The third-order valence-corrected chi connectivity index (χ3v) is 3.47. The Morgan fingerprint density at radius 3 is 3.00 bits per heavy atom. The van der Waals surface area contributed by atoms with Gasteiger partial charge >= 0.3 is 0 Å². The molecule has 2 rings (SSSR count). The molecule has 0 aliphatic heterocycles. The number of carbonyl (C=O) groups is 1. The molecule has 0 unspecified atom stereocenters. The highest BCUT2D eigenvalue weighted by atomic mass is 32.1. The van der Waals surface area contributed by atoms with Crippen molar-refractivity contribution < 1.29 is 14.3 Å². The predicted molar refractivity (Wildman–Crippen MR) is 71.8 cm³/mol. The molecule has 1 aromatic heterocycles. The lowest BCUT2D eigenvalue weighted by molar-refractivity contribution is -0.118. The third-order valence-electron chi connectivity index (χ3n) is 2.56. The molecule has 19 heavy (non-hydrogen) atoms. The molecule has 1 amide bonds. The molecule has 4 nitrogen and oxygen atoms in total. The molecule has 2 aromatic rings. The van der Waals surface area contributed by atoms with Crippen LogP contribution in [0.1, 0.15) is 16.0 Å². The number of thiazole rings is 1. The molecule has 0 atom stereocenters. The van der Waals surface area contributed by atoms with Crippen molar-refractivity contribution in [2.75, 3.05) is 11.9 Å². The van der Waals surface area contributed by atoms with Crippen LogP contribution in [-0.4, -0.2) is 22.6 Å². The van der Waals surface area contributed by atoms with Gasteiger partial charge in [0.05, 0.1) is 0 Å². The van der Waals surface area contributed by atoms with Crippen molar-refractivity contribution in [3.63, 3.8) is 0 Å². The molecule has 0 bridgehead atoms. The number of rotatable bonds is 4. The third kappa shape index (κ3) is 3.59. The molecule has 0 spiro atoms. The lowest BCUT2D eigenvalue weighted by Gasteiger charge is -2.01. The van der Waals surface area contributed by atoms with Crippen LogP contribution in [0.3, 0.4) is 0 Å². The summed E-state index contributed by atoms with van der Waals surface area (Å²) in [5.41, 5.74) is 1.47. The summed E-state index contributed by atoms with van der Waals surface area (Å²) in [6.45, 7) is 1.15. The maximum Gasteiger partial charge on any atom is 0.251 e. The highest BCUT2D eigenvalue weighted by Crippen LogP contribution is 2.22. The van der Waals surface area contributed by atoms with Gasteiger partial charge in [-0.05, 0) is 24.1 Å². The van der Waals surface area contributed by atoms with Crippen LogP contribution < -0.4 is 5.32 Å². The number of hydrogen-bond acceptors (Lipinski definition) is 4. The van der Waals surface area contributed by atoms with Gasteiger partial charge in [0.25, 0.3) is 5.91 Å². The van der Waals surface area contributed by atoms with Crippen LogP contribution in [0.15, 0.2) is 24.4 Å². The first kappa shape index (κ1) is 13.6. The first-order valence-corrected chi connectivity index (χ1v) is 6.50. The number of nitrogens with zero attached hydrogens (tertiary/aromatic N) is 1. The SMILES string of the molecule is Cc1ccc(Cc2cnc(NC(=O)CO)s2)cc1F. The Morgan fingerprint density at radius 1 is 1.53 bits per heavy atom. The first-order valence-electron chi connectivity index (χ1n) is 5.69. The summed E-state index contributed by atoms with van der Waals surface area (Å²) >= 11 is 1.30. The van der Waals surface area contributed by atoms with Crippen LogP contribution in [-0.2, 0) is 11.2 Å². The summed E-state index contributed by atoms with van der Waals surface area (Å²) in [5, 5.41) is 11.5. The molecule has 0 aliphatic carbocycles. The van der Waals surface area contributed by atoms with Crippen molar-refractivity contribution in [2.45, 2.75) is 13.3 Å². The number of anilines is 1. The molecular weight excluding hydrogens is 267 g/mol. The van der Waals surface area contributed by atoms with Crippen molar-refractivity contribution in [1.82, 2.24) is 4.98 Å². The van der Waals surface area contributed by atoms with E-state index in [-0.39, 0.29) is 5.82 Å². The van der Waals surface area contributed by atoms with Crippen LogP contribution in [0.25, 0.3) is 0 Å². The number of hydrogen-bond donors (Lipinski definition) is 2. The summed E-state index contributed by atoms with van der Waals surface area (Å²) in [5.74, 6) is -0.724. The number of halogens is 1. The number of aryl methyl sites for hydroxylation is 1. The second-order valence-corrected chi connectivity index (χ2v) is 5.21. The first-order chi connectivity index (χ1) is 9.08. The highest BCUT2D eigenvalue weighted by molar-refractivity contribution is 7.15. The van der Waals surface area contributed by atoms with Gasteiger partial charge in [0, 0.05) is 17.5 Å². The number of carbonyl (C=O) groups excluding carboxylic acids is 1. The van der Waals surface area contributed by atoms with Crippen molar-refractivity contribution in [3.8, 4) is 0 Å². The maximum absolute atomic E-state index is 13.4. The van der Waals surface area contributed by atoms with E-state index in [0.29, 0.717) is 17.1 Å². The molecular formula is C13H13FN2O2S. The van der Waals surface area contributed by atoms with Gasteiger partial charge < -0.3 is 5.11 Å². The van der Waals surface area contributed by atoms with Gasteiger partial charge in [0.1, 0.15) is 12.4 Å². The summed E-state index contributed by atoms with van der Waals surface area (Å²) in [4.78, 5) is 15.9. The largest absolute Gasteiger partial charge is 0.387 e. The number of amides is 1. The maximum atomic E-state index is 13.4. The molecule has 100 valence electrons. The van der Waals surface area contributed by atoms with E-state index in [0.717, 1.165) is 10.4 Å². The minimum Gasteiger partial charge on any atom is -0.387 e. The van der Waals surface area contributed by atoms with E-state index in [1.807, 2.05) is 6.07 Å². The van der Waals surface area contributed by atoms with E-state index in [2.05, 4.69) is 10.3 Å². The normalized spacial score (nSPS) is 10.5. The van der Waals surface area contributed by atoms with Crippen LogP contribution in [0, 0.1) is 12.7 Å². The summed E-state index contributed by atoms with van der Waals surface area (Å²) in [6.07, 6.45) is 2.19. The Labute approximate surface area is 113 Å². The second-order valence-electron chi connectivity index (χ2n) is 4.10. The van der Waals surface area contributed by atoms with E-state index in [4.69, 9.17) is 5.11 Å². The molecule has 0 fully saturated rings. The molecule has 0 saturated heterocycles. The average Bonchev–Trinajstić information content (AvgIpc) is 2.81. The lowest BCUT2D eigenvalue weighted by Crippen LogP contribution is -2.14. The fraction of sp³-hybridized carbons (Fsp3) is 0.231. The van der Waals surface area contributed by atoms with Crippen molar-refractivity contribution >= 4 is 22.4 Å². The van der Waals surface area contributed by atoms with E-state index < -0.39 is 12.5 Å². The van der Waals surface area contributed by atoms with Gasteiger partial charge in [-0.25, -0.2) is 9.37 Å². The van der Waals surface area contributed by atoms with Gasteiger partial charge in [-0.15, -0.1) is 11.3 Å². The zero-order valence-electron chi connectivity index (χ0n) is 10.3. The van der Waals surface area contributed by atoms with Crippen LogP contribution in [0.4, 0.5) is 9.52 Å². The van der Waals surface area contributed by atoms with Crippen molar-refractivity contribution in [2.24, 2.45) is 0 Å². The fourth-order valence-corrected chi connectivity index (χ4v) is 2.42. The molecule has 1 aromatic carbocycles. The standard InChI is InChI=1S/C13H13FN2O2S/c1-8-2-3-9(5-11(8)14)4-10-6-15-13(19-10)16-12(18)7-17/h2-3,5-6,17H,4,7H2,1H3,(H,15,16,18). The quantitative estimate of drug-likeness (QED) is 0.901. The molecule has 1 heterocycles. The number of aliphatic hydroxyl groups excluding tert-OH is 1. The Bertz CT molecular complexity index is 598. The van der Waals surface area contributed by atoms with Crippen molar-refractivity contribution in [3.05, 3.63) is 46.2 Å². The highest BCUT2D eigenvalue weighted by Gasteiger charge is 2.07. The van der Waals surface area contributed by atoms with Gasteiger partial charge in [-0.3, -0.25) is 10.1 Å². The van der Waals surface area contributed by atoms with E-state index in [9.17, 15) is 9.18 Å². The molecule has 0 radical (unpaired) electrons. The van der Waals surface area contributed by atoms with Gasteiger partial charge in [0.15, 0.2) is 5.13 Å². The predicted octanol–water partition coefficient (Wildman–Crippen LogP) is 2.11. The van der Waals surface area contributed by atoms with Crippen LogP contribution in [0.2, 0.25) is 0 Å². The summed E-state index contributed by atoms with van der Waals surface area (Å²) < 4.78 is 13.4. The molecule has 0 aliphatic rings. The van der Waals surface area contributed by atoms with Crippen LogP contribution >= 0.6 is 11.3 Å². The minimum absolute atomic E-state index is 0.226. The summed E-state index contributed by atoms with van der Waals surface area (Å²) in [6, 6.07) is 5.10. The fourth-order valence-electron chi connectivity index (χ4n) is 1.55. The number of nitrogens with one attached hydrogen (secondary N) is 1. The minimum atomic E-state index is -0.571. The smallest absolute Gasteiger partial charge is 0.251 e. The van der Waals surface area contributed by atoms with E-state index in [1.54, 1.807) is 19.2 Å². The molecule has 0 saturated carbocycles. The van der Waals surface area contributed by atoms with E-state index in [1.165, 1.54) is 17.4 Å². The van der Waals surface area contributed by atoms with Crippen LogP contribution in [0.5, 0.6) is 0 Å².